The summed E-state index contributed by atoms with van der Waals surface area (Å²) in [7, 11) is 1.69. The Labute approximate surface area is 49.5 Å². The van der Waals surface area contributed by atoms with Gasteiger partial charge < -0.3 is 10.1 Å². The molecule has 2 heteroatoms. The zero-order chi connectivity index (χ0) is 5.82. The van der Waals surface area contributed by atoms with E-state index < -0.39 is 0 Å². The van der Waals surface area contributed by atoms with Crippen LogP contribution in [0.25, 0.3) is 0 Å². The van der Waals surface area contributed by atoms with E-state index in [9.17, 15) is 0 Å². The van der Waals surface area contributed by atoms with E-state index in [4.69, 9.17) is 4.74 Å². The second-order valence-electron chi connectivity index (χ2n) is 1.94. The Hall–Kier alpha value is -0.500. The van der Waals surface area contributed by atoms with Crippen LogP contribution in [0.3, 0.4) is 0 Å². The highest BCUT2D eigenvalue weighted by Crippen LogP contribution is 2.03. The molecule has 8 heavy (non-hydrogen) atoms. The van der Waals surface area contributed by atoms with Crippen molar-refractivity contribution in [3.8, 4) is 0 Å². The number of hydrogen-bond acceptors (Lipinski definition) is 2. The summed E-state index contributed by atoms with van der Waals surface area (Å²) in [4.78, 5) is 0. The topological polar surface area (TPSA) is 21.3 Å². The van der Waals surface area contributed by atoms with Crippen molar-refractivity contribution < 1.29 is 4.74 Å². The fourth-order valence-corrected chi connectivity index (χ4v) is 0.854. The summed E-state index contributed by atoms with van der Waals surface area (Å²) in [5.41, 5.74) is 1.37. The third-order valence-electron chi connectivity index (χ3n) is 1.26. The van der Waals surface area contributed by atoms with Gasteiger partial charge in [0, 0.05) is 6.54 Å². The Kier molecular flexibility index (Phi) is 1.92. The Morgan fingerprint density at radius 3 is 3.12 bits per heavy atom. The first-order chi connectivity index (χ1) is 3.93. The molecule has 0 spiro atoms. The monoisotopic (exact) mass is 113 g/mol. The molecule has 1 saturated heterocycles. The smallest absolute Gasteiger partial charge is 0.0829 e. The van der Waals surface area contributed by atoms with Crippen molar-refractivity contribution in [3.63, 3.8) is 0 Å². The van der Waals surface area contributed by atoms with Crippen LogP contribution in [-0.4, -0.2) is 20.2 Å². The Bertz CT molecular complexity index is 90.7. The van der Waals surface area contributed by atoms with Gasteiger partial charge in [0.25, 0.3) is 0 Å². The van der Waals surface area contributed by atoms with Gasteiger partial charge in [-0.3, -0.25) is 0 Å². The van der Waals surface area contributed by atoms with Crippen molar-refractivity contribution in [2.45, 2.75) is 6.42 Å². The zero-order valence-corrected chi connectivity index (χ0v) is 5.11. The lowest BCUT2D eigenvalue weighted by Gasteiger charge is -1.90. The molecule has 0 aliphatic carbocycles. The van der Waals surface area contributed by atoms with Gasteiger partial charge in [0.2, 0.25) is 0 Å². The normalized spacial score (nSPS) is 24.4. The zero-order valence-electron chi connectivity index (χ0n) is 5.11. The number of nitrogens with one attached hydrogen (secondary N) is 1. The van der Waals surface area contributed by atoms with Crippen LogP contribution in [-0.2, 0) is 4.74 Å². The molecule has 1 aliphatic heterocycles. The lowest BCUT2D eigenvalue weighted by atomic mass is 10.3. The lowest BCUT2D eigenvalue weighted by Crippen LogP contribution is -2.04. The second kappa shape index (κ2) is 2.72. The van der Waals surface area contributed by atoms with E-state index >= 15 is 0 Å². The molecule has 0 unspecified atom stereocenters. The summed E-state index contributed by atoms with van der Waals surface area (Å²) < 4.78 is 4.82. The van der Waals surface area contributed by atoms with Gasteiger partial charge in [-0.1, -0.05) is 0 Å². The lowest BCUT2D eigenvalue weighted by molar-refractivity contribution is 0.333. The summed E-state index contributed by atoms with van der Waals surface area (Å²) in [5.74, 6) is 0. The molecular formula is C6H11NO. The van der Waals surface area contributed by atoms with E-state index in [0.29, 0.717) is 0 Å². The molecular weight excluding hydrogens is 102 g/mol. The first-order valence-electron chi connectivity index (χ1n) is 2.85. The minimum atomic E-state index is 1.01. The van der Waals surface area contributed by atoms with Crippen molar-refractivity contribution in [3.05, 3.63) is 11.8 Å². The van der Waals surface area contributed by atoms with E-state index in [2.05, 4.69) is 5.32 Å². The number of methoxy groups -OCH3 is 1. The highest BCUT2D eigenvalue weighted by atomic mass is 16.5. The molecule has 1 N–H and O–H groups in total. The molecule has 1 heterocycles. The molecule has 0 aromatic heterocycles. The van der Waals surface area contributed by atoms with Crippen molar-refractivity contribution in [2.75, 3.05) is 20.2 Å². The molecule has 1 fully saturated rings. The van der Waals surface area contributed by atoms with Crippen molar-refractivity contribution in [2.24, 2.45) is 0 Å². The number of ether oxygens (including phenoxy) is 1. The summed E-state index contributed by atoms with van der Waals surface area (Å²) in [6.07, 6.45) is 2.97. The van der Waals surface area contributed by atoms with Crippen LogP contribution in [0.1, 0.15) is 6.42 Å². The van der Waals surface area contributed by atoms with Crippen LogP contribution < -0.4 is 5.32 Å². The molecule has 0 radical (unpaired) electrons. The molecule has 0 bridgehead atoms. The van der Waals surface area contributed by atoms with Crippen molar-refractivity contribution >= 4 is 0 Å². The highest BCUT2D eigenvalue weighted by molar-refractivity contribution is 5.05. The van der Waals surface area contributed by atoms with Crippen LogP contribution in [0, 0.1) is 0 Å². The third kappa shape index (κ3) is 1.23. The Balaban J connectivity index is 2.33. The quantitative estimate of drug-likeness (QED) is 0.500. The summed E-state index contributed by atoms with van der Waals surface area (Å²) in [6, 6.07) is 0. The second-order valence-corrected chi connectivity index (χ2v) is 1.94. The summed E-state index contributed by atoms with van der Waals surface area (Å²) in [5, 5.41) is 3.21. The number of hydrogen-bond donors (Lipinski definition) is 1. The van der Waals surface area contributed by atoms with Crippen LogP contribution in [0.2, 0.25) is 0 Å². The molecule has 1 aliphatic rings. The van der Waals surface area contributed by atoms with Crippen LogP contribution in [0.15, 0.2) is 11.8 Å². The average molecular weight is 113 g/mol. The van der Waals surface area contributed by atoms with Crippen molar-refractivity contribution in [1.29, 1.82) is 0 Å². The fourth-order valence-electron chi connectivity index (χ4n) is 0.854. The van der Waals surface area contributed by atoms with E-state index in [1.54, 1.807) is 7.11 Å². The molecule has 1 rings (SSSR count). The van der Waals surface area contributed by atoms with Gasteiger partial charge >= 0.3 is 0 Å². The predicted molar refractivity (Wildman–Crippen MR) is 32.6 cm³/mol. The van der Waals surface area contributed by atoms with E-state index in [-0.39, 0.29) is 0 Å². The average Bonchev–Trinajstić information content (AvgIpc) is 2.19. The summed E-state index contributed by atoms with van der Waals surface area (Å²) in [6.45, 7) is 2.11. The maximum atomic E-state index is 4.82. The predicted octanol–water partition coefficient (Wildman–Crippen LogP) is 0.510. The number of rotatable bonds is 1. The summed E-state index contributed by atoms with van der Waals surface area (Å²) >= 11 is 0. The van der Waals surface area contributed by atoms with Gasteiger partial charge in [0.1, 0.15) is 0 Å². The Morgan fingerprint density at radius 1 is 1.75 bits per heavy atom. The molecule has 0 aromatic rings. The van der Waals surface area contributed by atoms with Crippen LogP contribution in [0.5, 0.6) is 0 Å². The molecule has 0 aromatic carbocycles. The fraction of sp³-hybridized carbons (Fsp3) is 0.667. The molecule has 0 atom stereocenters. The Morgan fingerprint density at radius 2 is 2.62 bits per heavy atom. The maximum absolute atomic E-state index is 4.82. The van der Waals surface area contributed by atoms with Gasteiger partial charge in [-0.2, -0.15) is 0 Å². The first-order valence-corrected chi connectivity index (χ1v) is 2.85. The largest absolute Gasteiger partial charge is 0.504 e. The highest BCUT2D eigenvalue weighted by Gasteiger charge is 2.03. The molecule has 0 saturated carbocycles. The van der Waals surface area contributed by atoms with E-state index in [0.717, 1.165) is 19.5 Å². The van der Waals surface area contributed by atoms with Crippen LogP contribution >= 0.6 is 0 Å². The van der Waals surface area contributed by atoms with E-state index in [1.165, 1.54) is 5.57 Å². The molecule has 46 valence electrons. The molecule has 2 nitrogen and oxygen atoms in total. The van der Waals surface area contributed by atoms with Crippen molar-refractivity contribution in [1.82, 2.24) is 5.32 Å². The van der Waals surface area contributed by atoms with Gasteiger partial charge in [0.05, 0.1) is 13.4 Å². The standard InChI is InChI=1S/C6H11NO/c1-8-5-6-2-3-7-4-6/h5,7H,2-4H2,1H3/b6-5+. The third-order valence-corrected chi connectivity index (χ3v) is 1.26. The minimum Gasteiger partial charge on any atom is -0.504 e. The first kappa shape index (κ1) is 5.63. The van der Waals surface area contributed by atoms with Gasteiger partial charge in [-0.05, 0) is 18.5 Å². The SMILES string of the molecule is CO/C=C1\CCNC1. The van der Waals surface area contributed by atoms with Gasteiger partial charge in [-0.25, -0.2) is 0 Å². The maximum Gasteiger partial charge on any atom is 0.0829 e. The van der Waals surface area contributed by atoms with Gasteiger partial charge in [-0.15, -0.1) is 0 Å². The minimum absolute atomic E-state index is 1.01. The van der Waals surface area contributed by atoms with E-state index in [1.807, 2.05) is 6.26 Å². The van der Waals surface area contributed by atoms with Gasteiger partial charge in [0.15, 0.2) is 0 Å². The van der Waals surface area contributed by atoms with Crippen LogP contribution in [0.4, 0.5) is 0 Å². The molecule has 0 amide bonds.